The van der Waals surface area contributed by atoms with Gasteiger partial charge in [-0.05, 0) is 56.2 Å². The maximum atomic E-state index is 12.1. The predicted octanol–water partition coefficient (Wildman–Crippen LogP) is 3.44. The minimum absolute atomic E-state index is 0.314. The van der Waals surface area contributed by atoms with E-state index in [0.717, 1.165) is 29.9 Å². The molecule has 162 valence electrons. The van der Waals surface area contributed by atoms with E-state index < -0.39 is 5.97 Å². The average Bonchev–Trinajstić information content (AvgIpc) is 3.11. The Kier molecular flexibility index (Phi) is 7.81. The molecule has 0 radical (unpaired) electrons. The number of rotatable bonds is 10. The fourth-order valence-corrected chi connectivity index (χ4v) is 3.05. The summed E-state index contributed by atoms with van der Waals surface area (Å²) in [6, 6.07) is 18.5. The molecule has 31 heavy (non-hydrogen) atoms. The molecule has 0 bridgehead atoms. The molecule has 0 unspecified atom stereocenters. The monoisotopic (exact) mass is 421 g/mol. The molecule has 0 aliphatic rings. The van der Waals surface area contributed by atoms with Gasteiger partial charge in [0.15, 0.2) is 6.61 Å². The lowest BCUT2D eigenvalue weighted by molar-refractivity contribution is -0.124. The van der Waals surface area contributed by atoms with E-state index in [1.165, 1.54) is 0 Å². The summed E-state index contributed by atoms with van der Waals surface area (Å²) in [6.07, 6.45) is 0.742. The van der Waals surface area contributed by atoms with Gasteiger partial charge in [0.1, 0.15) is 12.4 Å². The van der Waals surface area contributed by atoms with Gasteiger partial charge >= 0.3 is 5.97 Å². The smallest absolute Gasteiger partial charge is 0.338 e. The van der Waals surface area contributed by atoms with Crippen LogP contribution in [0.15, 0.2) is 60.7 Å². The average molecular weight is 421 g/mol. The van der Waals surface area contributed by atoms with Crippen molar-refractivity contribution >= 4 is 11.9 Å². The van der Waals surface area contributed by atoms with Gasteiger partial charge in [0.05, 0.1) is 11.3 Å². The van der Waals surface area contributed by atoms with Crippen molar-refractivity contribution in [2.45, 2.75) is 33.4 Å². The number of esters is 1. The molecule has 3 aromatic rings. The minimum Gasteiger partial charge on any atom is -0.489 e. The second-order valence-electron chi connectivity index (χ2n) is 7.23. The van der Waals surface area contributed by atoms with Crippen molar-refractivity contribution < 1.29 is 19.1 Å². The van der Waals surface area contributed by atoms with Crippen LogP contribution in [0.3, 0.4) is 0 Å². The molecule has 1 N–H and O–H groups in total. The van der Waals surface area contributed by atoms with Gasteiger partial charge in [0.2, 0.25) is 0 Å². The maximum absolute atomic E-state index is 12.1. The van der Waals surface area contributed by atoms with E-state index in [4.69, 9.17) is 9.47 Å². The summed E-state index contributed by atoms with van der Waals surface area (Å²) in [5.41, 5.74) is 3.50. The number of carbonyl (C=O) groups is 2. The summed E-state index contributed by atoms with van der Waals surface area (Å²) >= 11 is 0. The van der Waals surface area contributed by atoms with Gasteiger partial charge in [-0.2, -0.15) is 5.10 Å². The van der Waals surface area contributed by atoms with Crippen LogP contribution in [0.5, 0.6) is 5.75 Å². The second-order valence-corrected chi connectivity index (χ2v) is 7.23. The zero-order valence-electron chi connectivity index (χ0n) is 17.8. The van der Waals surface area contributed by atoms with Crippen LogP contribution in [0, 0.1) is 13.8 Å². The Bertz CT molecular complexity index is 997. The molecule has 0 saturated heterocycles. The zero-order valence-corrected chi connectivity index (χ0v) is 17.8. The first-order valence-electron chi connectivity index (χ1n) is 10.2. The molecule has 0 saturated carbocycles. The Balaban J connectivity index is 1.34. The lowest BCUT2D eigenvalue weighted by Gasteiger charge is -2.09. The van der Waals surface area contributed by atoms with Gasteiger partial charge in [0.25, 0.3) is 5.91 Å². The van der Waals surface area contributed by atoms with Gasteiger partial charge in [-0.15, -0.1) is 0 Å². The second kappa shape index (κ2) is 11.0. The van der Waals surface area contributed by atoms with Gasteiger partial charge in [-0.25, -0.2) is 4.79 Å². The van der Waals surface area contributed by atoms with Crippen LogP contribution in [-0.2, 0) is 22.7 Å². The number of benzene rings is 2. The molecule has 0 fully saturated rings. The number of hydrogen-bond donors (Lipinski definition) is 1. The first kappa shape index (κ1) is 22.1. The van der Waals surface area contributed by atoms with E-state index in [0.29, 0.717) is 24.5 Å². The third-order valence-electron chi connectivity index (χ3n) is 4.64. The van der Waals surface area contributed by atoms with Crippen molar-refractivity contribution in [2.24, 2.45) is 0 Å². The van der Waals surface area contributed by atoms with Crippen molar-refractivity contribution in [3.8, 4) is 5.75 Å². The fourth-order valence-electron chi connectivity index (χ4n) is 3.05. The number of carbonyl (C=O) groups excluding carboxylic acids is 2. The third-order valence-corrected chi connectivity index (χ3v) is 4.64. The number of hydrogen-bond acceptors (Lipinski definition) is 5. The van der Waals surface area contributed by atoms with Crippen molar-refractivity contribution in [1.29, 1.82) is 0 Å². The van der Waals surface area contributed by atoms with Gasteiger partial charge in [-0.3, -0.25) is 9.48 Å². The number of ether oxygens (including phenoxy) is 2. The zero-order chi connectivity index (χ0) is 22.1. The van der Waals surface area contributed by atoms with Crippen molar-refractivity contribution in [3.05, 3.63) is 83.2 Å². The van der Waals surface area contributed by atoms with E-state index in [2.05, 4.69) is 10.4 Å². The number of aromatic nitrogens is 2. The number of nitrogens with zero attached hydrogens (tertiary/aromatic N) is 2. The van der Waals surface area contributed by atoms with Crippen LogP contribution in [0.4, 0.5) is 0 Å². The van der Waals surface area contributed by atoms with Gasteiger partial charge < -0.3 is 14.8 Å². The number of nitrogens with one attached hydrogen (secondary N) is 1. The van der Waals surface area contributed by atoms with Crippen LogP contribution < -0.4 is 10.1 Å². The molecule has 0 atom stereocenters. The van der Waals surface area contributed by atoms with E-state index in [-0.39, 0.29) is 12.5 Å². The highest BCUT2D eigenvalue weighted by molar-refractivity contribution is 5.91. The Morgan fingerprint density at radius 1 is 1.03 bits per heavy atom. The molecule has 2 aromatic carbocycles. The normalized spacial score (nSPS) is 10.5. The van der Waals surface area contributed by atoms with Crippen LogP contribution >= 0.6 is 0 Å². The van der Waals surface area contributed by atoms with Crippen LogP contribution in [0.2, 0.25) is 0 Å². The van der Waals surface area contributed by atoms with Gasteiger partial charge in [-0.1, -0.05) is 30.3 Å². The fraction of sp³-hybridized carbons (Fsp3) is 0.292. The third kappa shape index (κ3) is 6.99. The van der Waals surface area contributed by atoms with Crippen LogP contribution in [0.25, 0.3) is 0 Å². The summed E-state index contributed by atoms with van der Waals surface area (Å²) in [7, 11) is 0. The highest BCUT2D eigenvalue weighted by atomic mass is 16.5. The molecular weight excluding hydrogens is 394 g/mol. The molecule has 1 heterocycles. The summed E-state index contributed by atoms with van der Waals surface area (Å²) in [4.78, 5) is 24.0. The molecule has 0 spiro atoms. The van der Waals surface area contributed by atoms with Gasteiger partial charge in [0, 0.05) is 18.8 Å². The van der Waals surface area contributed by atoms with E-state index in [1.54, 1.807) is 24.3 Å². The Morgan fingerprint density at radius 2 is 1.77 bits per heavy atom. The van der Waals surface area contributed by atoms with Crippen LogP contribution in [-0.4, -0.2) is 34.8 Å². The minimum atomic E-state index is -0.549. The topological polar surface area (TPSA) is 82.5 Å². The van der Waals surface area contributed by atoms with E-state index in [9.17, 15) is 9.59 Å². The van der Waals surface area contributed by atoms with Crippen molar-refractivity contribution in [2.75, 3.05) is 13.2 Å². The molecule has 0 aliphatic heterocycles. The Labute approximate surface area is 182 Å². The quantitative estimate of drug-likeness (QED) is 0.401. The first-order chi connectivity index (χ1) is 15.0. The number of amides is 1. The molecule has 0 aliphatic carbocycles. The maximum Gasteiger partial charge on any atom is 0.338 e. The Morgan fingerprint density at radius 3 is 2.45 bits per heavy atom. The Hall–Kier alpha value is -3.61. The highest BCUT2D eigenvalue weighted by Crippen LogP contribution is 2.15. The SMILES string of the molecule is Cc1cc(C)n(CCCNC(=O)COC(=O)c2ccc(OCc3ccccc3)cc2)n1. The molecular formula is C24H27N3O4. The van der Waals surface area contributed by atoms with Crippen LogP contribution in [0.1, 0.15) is 33.7 Å². The molecule has 1 aromatic heterocycles. The van der Waals surface area contributed by atoms with E-state index >= 15 is 0 Å². The first-order valence-corrected chi connectivity index (χ1v) is 10.2. The van der Waals surface area contributed by atoms with Crippen molar-refractivity contribution in [1.82, 2.24) is 15.1 Å². The molecule has 7 heteroatoms. The predicted molar refractivity (Wildman–Crippen MR) is 117 cm³/mol. The summed E-state index contributed by atoms with van der Waals surface area (Å²) < 4.78 is 12.7. The van der Waals surface area contributed by atoms with Crippen molar-refractivity contribution in [3.63, 3.8) is 0 Å². The largest absolute Gasteiger partial charge is 0.489 e. The molecule has 1 amide bonds. The molecule has 3 rings (SSSR count). The lowest BCUT2D eigenvalue weighted by Crippen LogP contribution is -2.30. The number of aryl methyl sites for hydroxylation is 3. The van der Waals surface area contributed by atoms with E-state index in [1.807, 2.05) is 54.9 Å². The standard InChI is InChI=1S/C24H27N3O4/c1-18-15-19(2)27(26-18)14-6-13-25-23(28)17-31-24(29)21-9-11-22(12-10-21)30-16-20-7-4-3-5-8-20/h3-5,7-12,15H,6,13-14,16-17H2,1-2H3,(H,25,28). The summed E-state index contributed by atoms with van der Waals surface area (Å²) in [6.45, 7) is 5.29. The summed E-state index contributed by atoms with van der Waals surface area (Å²) in [5.74, 6) is -0.224. The molecule has 7 nitrogen and oxygen atoms in total. The lowest BCUT2D eigenvalue weighted by atomic mass is 10.2. The summed E-state index contributed by atoms with van der Waals surface area (Å²) in [5, 5.41) is 7.13. The highest BCUT2D eigenvalue weighted by Gasteiger charge is 2.10.